The number of carbonyl (C=O) groups excluding carboxylic acids is 1. The number of hydrogen-bond donors (Lipinski definition) is 0. The third-order valence-electron chi connectivity index (χ3n) is 3.79. The quantitative estimate of drug-likeness (QED) is 0.518. The molecular formula is C20H15NO5. The zero-order chi connectivity index (χ0) is 18.5. The minimum atomic E-state index is -0.543. The summed E-state index contributed by atoms with van der Waals surface area (Å²) >= 11 is 0. The predicted octanol–water partition coefficient (Wildman–Crippen LogP) is 3.36. The molecule has 1 heterocycles. The molecule has 2 aromatic carbocycles. The van der Waals surface area contributed by atoms with Crippen molar-refractivity contribution >= 4 is 16.9 Å². The van der Waals surface area contributed by atoms with Crippen LogP contribution in [0, 0.1) is 18.3 Å². The highest BCUT2D eigenvalue weighted by atomic mass is 16.5. The molecule has 6 heteroatoms. The molecular weight excluding hydrogens is 334 g/mol. The van der Waals surface area contributed by atoms with Crippen molar-refractivity contribution in [3.05, 3.63) is 75.6 Å². The summed E-state index contributed by atoms with van der Waals surface area (Å²) in [5.41, 5.74) is 2.15. The van der Waals surface area contributed by atoms with Gasteiger partial charge < -0.3 is 13.9 Å². The van der Waals surface area contributed by atoms with Crippen molar-refractivity contribution in [2.24, 2.45) is 0 Å². The molecule has 0 atom stereocenters. The fourth-order valence-corrected chi connectivity index (χ4v) is 2.48. The summed E-state index contributed by atoms with van der Waals surface area (Å²) in [6.45, 7) is 1.86. The van der Waals surface area contributed by atoms with Crippen LogP contribution in [0.4, 0.5) is 0 Å². The molecule has 0 unspecified atom stereocenters. The van der Waals surface area contributed by atoms with Crippen LogP contribution >= 0.6 is 0 Å². The van der Waals surface area contributed by atoms with Crippen molar-refractivity contribution in [2.75, 3.05) is 6.61 Å². The first kappa shape index (κ1) is 17.2. The molecule has 0 spiro atoms. The highest BCUT2D eigenvalue weighted by Crippen LogP contribution is 2.23. The number of rotatable bonds is 5. The lowest BCUT2D eigenvalue weighted by Gasteiger charge is -2.08. The lowest BCUT2D eigenvalue weighted by molar-refractivity contribution is 0.0555. The summed E-state index contributed by atoms with van der Waals surface area (Å²) < 4.78 is 15.7. The molecule has 0 saturated heterocycles. The first-order valence-corrected chi connectivity index (χ1v) is 7.87. The van der Waals surface area contributed by atoms with Gasteiger partial charge in [0, 0.05) is 17.5 Å². The Labute approximate surface area is 149 Å². The van der Waals surface area contributed by atoms with Crippen molar-refractivity contribution in [1.29, 1.82) is 5.26 Å². The van der Waals surface area contributed by atoms with E-state index in [1.54, 1.807) is 36.4 Å². The SMILES string of the molecule is Cc1cc(=O)oc2cc(OCc3ccc(C(=O)OCC#N)cc3)ccc12. The molecule has 1 aromatic heterocycles. The predicted molar refractivity (Wildman–Crippen MR) is 93.9 cm³/mol. The van der Waals surface area contributed by atoms with Crippen LogP contribution in [-0.4, -0.2) is 12.6 Å². The van der Waals surface area contributed by atoms with E-state index in [-0.39, 0.29) is 13.2 Å². The first-order valence-electron chi connectivity index (χ1n) is 7.87. The molecule has 3 aromatic rings. The molecule has 130 valence electrons. The van der Waals surface area contributed by atoms with Gasteiger partial charge in [-0.1, -0.05) is 12.1 Å². The van der Waals surface area contributed by atoms with Crippen molar-refractivity contribution in [1.82, 2.24) is 0 Å². The highest BCUT2D eigenvalue weighted by Gasteiger charge is 2.07. The van der Waals surface area contributed by atoms with Crippen LogP contribution in [0.25, 0.3) is 11.0 Å². The standard InChI is InChI=1S/C20H15NO5/c1-13-10-19(22)26-18-11-16(6-7-17(13)18)25-12-14-2-4-15(5-3-14)20(23)24-9-8-21/h2-7,10-11H,9,12H2,1H3. The molecule has 0 amide bonds. The number of fused-ring (bicyclic) bond motifs is 1. The van der Waals surface area contributed by atoms with E-state index in [0.29, 0.717) is 16.9 Å². The van der Waals surface area contributed by atoms with Crippen LogP contribution in [0.2, 0.25) is 0 Å². The van der Waals surface area contributed by atoms with Crippen LogP contribution in [0.3, 0.4) is 0 Å². The Morgan fingerprint density at radius 3 is 2.65 bits per heavy atom. The molecule has 0 radical (unpaired) electrons. The molecule has 0 fully saturated rings. The lowest BCUT2D eigenvalue weighted by Crippen LogP contribution is -2.05. The number of aryl methyl sites for hydroxylation is 1. The van der Waals surface area contributed by atoms with Gasteiger partial charge in [-0.15, -0.1) is 0 Å². The molecule has 0 saturated carbocycles. The molecule has 0 aliphatic carbocycles. The van der Waals surface area contributed by atoms with Gasteiger partial charge in [-0.25, -0.2) is 9.59 Å². The Hall–Kier alpha value is -3.59. The van der Waals surface area contributed by atoms with Crippen LogP contribution in [0.5, 0.6) is 5.75 Å². The fraction of sp³-hybridized carbons (Fsp3) is 0.150. The number of esters is 1. The third-order valence-corrected chi connectivity index (χ3v) is 3.79. The van der Waals surface area contributed by atoms with Crippen LogP contribution in [0.15, 0.2) is 57.7 Å². The Bertz CT molecular complexity index is 1040. The van der Waals surface area contributed by atoms with E-state index in [0.717, 1.165) is 16.5 Å². The number of carbonyl (C=O) groups is 1. The first-order chi connectivity index (χ1) is 12.6. The maximum atomic E-state index is 11.6. The van der Waals surface area contributed by atoms with Gasteiger partial charge in [-0.05, 0) is 42.3 Å². The van der Waals surface area contributed by atoms with Crippen molar-refractivity contribution < 1.29 is 18.7 Å². The molecule has 3 rings (SSSR count). The second-order valence-corrected chi connectivity index (χ2v) is 5.63. The van der Waals surface area contributed by atoms with E-state index in [1.807, 2.05) is 19.1 Å². The molecule has 0 bridgehead atoms. The van der Waals surface area contributed by atoms with Crippen LogP contribution in [0.1, 0.15) is 21.5 Å². The maximum Gasteiger partial charge on any atom is 0.339 e. The minimum absolute atomic E-state index is 0.277. The maximum absolute atomic E-state index is 11.6. The van der Waals surface area contributed by atoms with E-state index in [2.05, 4.69) is 0 Å². The Morgan fingerprint density at radius 1 is 1.15 bits per heavy atom. The zero-order valence-corrected chi connectivity index (χ0v) is 14.0. The average molecular weight is 349 g/mol. The number of ether oxygens (including phenoxy) is 2. The van der Waals surface area contributed by atoms with E-state index in [9.17, 15) is 9.59 Å². The normalized spacial score (nSPS) is 10.3. The number of nitriles is 1. The Kier molecular flexibility index (Phi) is 4.99. The third kappa shape index (κ3) is 3.90. The Balaban J connectivity index is 1.69. The summed E-state index contributed by atoms with van der Waals surface area (Å²) in [5.74, 6) is 0.0303. The topological polar surface area (TPSA) is 89.5 Å². The number of nitrogens with zero attached hydrogens (tertiary/aromatic N) is 1. The van der Waals surface area contributed by atoms with E-state index in [1.165, 1.54) is 6.07 Å². The molecule has 26 heavy (non-hydrogen) atoms. The van der Waals surface area contributed by atoms with Gasteiger partial charge in [-0.2, -0.15) is 5.26 Å². The smallest absolute Gasteiger partial charge is 0.339 e. The molecule has 6 nitrogen and oxygen atoms in total. The van der Waals surface area contributed by atoms with Gasteiger partial charge in [-0.3, -0.25) is 0 Å². The van der Waals surface area contributed by atoms with Crippen molar-refractivity contribution in [3.63, 3.8) is 0 Å². The van der Waals surface area contributed by atoms with Crippen LogP contribution < -0.4 is 10.4 Å². The second-order valence-electron chi connectivity index (χ2n) is 5.63. The van der Waals surface area contributed by atoms with Crippen LogP contribution in [-0.2, 0) is 11.3 Å². The number of benzene rings is 2. The summed E-state index contributed by atoms with van der Waals surface area (Å²) in [7, 11) is 0. The van der Waals surface area contributed by atoms with Gasteiger partial charge in [0.15, 0.2) is 6.61 Å². The van der Waals surface area contributed by atoms with Gasteiger partial charge >= 0.3 is 11.6 Å². The molecule has 0 N–H and O–H groups in total. The molecule has 0 aliphatic rings. The van der Waals surface area contributed by atoms with Gasteiger partial charge in [0.2, 0.25) is 0 Å². The summed E-state index contributed by atoms with van der Waals surface area (Å²) in [6.07, 6.45) is 0. The van der Waals surface area contributed by atoms with Gasteiger partial charge in [0.25, 0.3) is 0 Å². The van der Waals surface area contributed by atoms with E-state index < -0.39 is 11.6 Å². The highest BCUT2D eigenvalue weighted by molar-refractivity contribution is 5.89. The van der Waals surface area contributed by atoms with Gasteiger partial charge in [0.1, 0.15) is 24.0 Å². The minimum Gasteiger partial charge on any atom is -0.489 e. The summed E-state index contributed by atoms with van der Waals surface area (Å²) in [4.78, 5) is 23.1. The summed E-state index contributed by atoms with van der Waals surface area (Å²) in [5, 5.41) is 9.27. The monoisotopic (exact) mass is 349 g/mol. The fourth-order valence-electron chi connectivity index (χ4n) is 2.48. The Morgan fingerprint density at radius 2 is 1.92 bits per heavy atom. The summed E-state index contributed by atoms with van der Waals surface area (Å²) in [6, 6.07) is 15.2. The zero-order valence-electron chi connectivity index (χ0n) is 14.0. The average Bonchev–Trinajstić information content (AvgIpc) is 2.64. The second kappa shape index (κ2) is 7.53. The van der Waals surface area contributed by atoms with Crippen molar-refractivity contribution in [3.8, 4) is 11.8 Å². The van der Waals surface area contributed by atoms with E-state index >= 15 is 0 Å². The van der Waals surface area contributed by atoms with Crippen molar-refractivity contribution in [2.45, 2.75) is 13.5 Å². The van der Waals surface area contributed by atoms with Gasteiger partial charge in [0.05, 0.1) is 5.56 Å². The molecule has 0 aliphatic heterocycles. The van der Waals surface area contributed by atoms with E-state index in [4.69, 9.17) is 19.2 Å². The largest absolute Gasteiger partial charge is 0.489 e. The lowest BCUT2D eigenvalue weighted by atomic mass is 10.1. The number of hydrogen-bond acceptors (Lipinski definition) is 6.